The molecular formula is C58H40BN2O. The molecule has 3 nitrogen and oxygen atoms in total. The highest BCUT2D eigenvalue weighted by Gasteiger charge is 2.52. The number of fused-ring (bicyclic) bond motifs is 14. The predicted octanol–water partition coefficient (Wildman–Crippen LogP) is 13.7. The van der Waals surface area contributed by atoms with Gasteiger partial charge in [-0.15, -0.1) is 0 Å². The predicted molar refractivity (Wildman–Crippen MR) is 259 cm³/mol. The second-order valence-electron chi connectivity index (χ2n) is 17.3. The Labute approximate surface area is 362 Å². The van der Waals surface area contributed by atoms with Gasteiger partial charge in [0.25, 0.3) is 0 Å². The van der Waals surface area contributed by atoms with Crippen LogP contribution in [0, 0.1) is 20.8 Å². The molecular weight excluding hydrogens is 751 g/mol. The maximum Gasteiger partial charge on any atom is 0.197 e. The molecule has 1 N–H and O–H groups in total. The number of rotatable bonds is 4. The lowest BCUT2D eigenvalue weighted by molar-refractivity contribution is 0.669. The van der Waals surface area contributed by atoms with Crippen molar-refractivity contribution in [1.29, 1.82) is 0 Å². The van der Waals surface area contributed by atoms with Crippen molar-refractivity contribution < 1.29 is 4.42 Å². The fourth-order valence-corrected chi connectivity index (χ4v) is 11.2. The number of hydrogen-bond acceptors (Lipinski definition) is 3. The normalized spacial score (nSPS) is 13.6. The van der Waals surface area contributed by atoms with Crippen LogP contribution in [0.15, 0.2) is 186 Å². The highest BCUT2D eigenvalue weighted by molar-refractivity contribution is 6.73. The SMILES string of the molecule is Cc1ccc(Nc2cc3c(cc2-c2cc(-c4c(C)cccc4C)cc4c2[B]c2cccc5c2N4c2ccccc2C52c4ccccc4-c4ccccc42)oc2ccccc23)cc1. The van der Waals surface area contributed by atoms with Crippen LogP contribution >= 0.6 is 0 Å². The molecule has 0 saturated carbocycles. The van der Waals surface area contributed by atoms with Crippen LogP contribution in [-0.2, 0) is 5.41 Å². The molecule has 3 aliphatic rings. The van der Waals surface area contributed by atoms with Crippen LogP contribution in [0.3, 0.4) is 0 Å². The van der Waals surface area contributed by atoms with E-state index in [1.54, 1.807) is 0 Å². The Hall–Kier alpha value is -7.56. The highest BCUT2D eigenvalue weighted by atomic mass is 16.3. The van der Waals surface area contributed by atoms with E-state index in [2.05, 4.69) is 214 Å². The minimum Gasteiger partial charge on any atom is -0.456 e. The van der Waals surface area contributed by atoms with Crippen molar-refractivity contribution >= 4 is 68.6 Å². The molecule has 0 saturated heterocycles. The van der Waals surface area contributed by atoms with E-state index < -0.39 is 5.41 Å². The minimum absolute atomic E-state index is 0.485. The summed E-state index contributed by atoms with van der Waals surface area (Å²) in [5.41, 5.74) is 25.6. The van der Waals surface area contributed by atoms with Crippen molar-refractivity contribution in [2.24, 2.45) is 0 Å². The van der Waals surface area contributed by atoms with Gasteiger partial charge in [-0.2, -0.15) is 0 Å². The largest absolute Gasteiger partial charge is 0.456 e. The maximum atomic E-state index is 6.67. The molecule has 0 atom stereocenters. The average molecular weight is 792 g/mol. The molecule has 10 aromatic rings. The van der Waals surface area contributed by atoms with Gasteiger partial charge in [0.15, 0.2) is 7.28 Å². The lowest BCUT2D eigenvalue weighted by Crippen LogP contribution is -2.47. The number of anilines is 5. The van der Waals surface area contributed by atoms with Gasteiger partial charge in [-0.25, -0.2) is 0 Å². The van der Waals surface area contributed by atoms with Gasteiger partial charge >= 0.3 is 0 Å². The summed E-state index contributed by atoms with van der Waals surface area (Å²) in [7, 11) is 2.45. The molecule has 62 heavy (non-hydrogen) atoms. The van der Waals surface area contributed by atoms with E-state index in [-0.39, 0.29) is 0 Å². The summed E-state index contributed by atoms with van der Waals surface area (Å²) in [5, 5.41) is 6.09. The van der Waals surface area contributed by atoms with Crippen LogP contribution in [0.2, 0.25) is 0 Å². The minimum atomic E-state index is -0.485. The van der Waals surface area contributed by atoms with Crippen LogP contribution in [0.5, 0.6) is 0 Å². The van der Waals surface area contributed by atoms with Crippen LogP contribution < -0.4 is 21.1 Å². The van der Waals surface area contributed by atoms with Gasteiger partial charge in [-0.3, -0.25) is 0 Å². The van der Waals surface area contributed by atoms with Crippen LogP contribution in [0.25, 0.3) is 55.3 Å². The molecule has 0 unspecified atom stereocenters. The summed E-state index contributed by atoms with van der Waals surface area (Å²) >= 11 is 0. The number of hydrogen-bond donors (Lipinski definition) is 1. The first kappa shape index (κ1) is 35.2. The Bertz CT molecular complexity index is 3460. The van der Waals surface area contributed by atoms with Crippen LogP contribution in [0.4, 0.5) is 28.4 Å². The van der Waals surface area contributed by atoms with E-state index in [0.717, 1.165) is 50.1 Å². The van der Waals surface area contributed by atoms with Gasteiger partial charge in [-0.05, 0) is 136 Å². The molecule has 291 valence electrons. The molecule has 1 radical (unpaired) electrons. The quantitative estimate of drug-likeness (QED) is 0.180. The third kappa shape index (κ3) is 4.78. The van der Waals surface area contributed by atoms with E-state index in [1.165, 1.54) is 83.5 Å². The third-order valence-electron chi connectivity index (χ3n) is 13.8. The Morgan fingerprint density at radius 1 is 0.500 bits per heavy atom. The van der Waals surface area contributed by atoms with Gasteiger partial charge < -0.3 is 14.6 Å². The van der Waals surface area contributed by atoms with E-state index in [1.807, 2.05) is 6.07 Å². The summed E-state index contributed by atoms with van der Waals surface area (Å²) in [6.45, 7) is 6.61. The number of nitrogens with zero attached hydrogens (tertiary/aromatic N) is 1. The van der Waals surface area contributed by atoms with Crippen LogP contribution in [0.1, 0.15) is 38.9 Å². The van der Waals surface area contributed by atoms with Crippen molar-refractivity contribution in [3.05, 3.63) is 221 Å². The number of para-hydroxylation sites is 3. The lowest BCUT2D eigenvalue weighted by Gasteiger charge is -2.48. The molecule has 0 amide bonds. The van der Waals surface area contributed by atoms with E-state index in [9.17, 15) is 0 Å². The lowest BCUT2D eigenvalue weighted by atomic mass is 9.54. The standard InChI is InChI=1S/C58H40BN2O/c1-34-26-28-38(29-27-34)60-50-32-43-41-18-6-11-25-53(41)62-54(43)33-42(50)44-30-37(55-35(2)14-12-15-36(55)3)31-52-56(44)59-49-23-13-22-48-57(49)61(52)51-24-10-9-21-47(51)58(48)45-19-7-4-16-39(45)40-17-5-8-20-46(40)58/h4-33,60H,1-3H3. The summed E-state index contributed by atoms with van der Waals surface area (Å²) in [6, 6.07) is 67.3. The summed E-state index contributed by atoms with van der Waals surface area (Å²) in [4.78, 5) is 2.58. The zero-order valence-electron chi connectivity index (χ0n) is 34.8. The summed E-state index contributed by atoms with van der Waals surface area (Å²) in [6.07, 6.45) is 0. The van der Waals surface area contributed by atoms with Crippen molar-refractivity contribution in [1.82, 2.24) is 0 Å². The molecule has 0 fully saturated rings. The van der Waals surface area contributed by atoms with Crippen LogP contribution in [-0.4, -0.2) is 7.28 Å². The Morgan fingerprint density at radius 3 is 1.94 bits per heavy atom. The van der Waals surface area contributed by atoms with Gasteiger partial charge in [0, 0.05) is 39.1 Å². The van der Waals surface area contributed by atoms with Gasteiger partial charge in [-0.1, -0.05) is 144 Å². The summed E-state index contributed by atoms with van der Waals surface area (Å²) in [5.74, 6) is 0. The van der Waals surface area contributed by atoms with Gasteiger partial charge in [0.1, 0.15) is 11.2 Å². The number of benzene rings is 9. The number of nitrogens with one attached hydrogen (secondary N) is 1. The second kappa shape index (κ2) is 13.0. The van der Waals surface area contributed by atoms with Crippen molar-refractivity contribution in [3.63, 3.8) is 0 Å². The van der Waals surface area contributed by atoms with E-state index >= 15 is 0 Å². The maximum absolute atomic E-state index is 6.67. The zero-order valence-corrected chi connectivity index (χ0v) is 34.8. The first-order valence-electron chi connectivity index (χ1n) is 21.6. The molecule has 0 bridgehead atoms. The fourth-order valence-electron chi connectivity index (χ4n) is 11.2. The molecule has 13 rings (SSSR count). The zero-order chi connectivity index (χ0) is 41.3. The molecule has 2 aliphatic heterocycles. The van der Waals surface area contributed by atoms with Gasteiger partial charge in [0.05, 0.1) is 11.1 Å². The molecule has 1 spiro atoms. The second-order valence-corrected chi connectivity index (χ2v) is 17.3. The molecule has 9 aromatic carbocycles. The van der Waals surface area contributed by atoms with Crippen molar-refractivity contribution in [3.8, 4) is 33.4 Å². The molecule has 3 heterocycles. The molecule has 4 heteroatoms. The Kier molecular flexibility index (Phi) is 7.37. The smallest absolute Gasteiger partial charge is 0.197 e. The fraction of sp³-hybridized carbons (Fsp3) is 0.0690. The monoisotopic (exact) mass is 791 g/mol. The number of furan rings is 1. The highest BCUT2D eigenvalue weighted by Crippen LogP contribution is 2.63. The first-order chi connectivity index (χ1) is 30.5. The molecule has 1 aromatic heterocycles. The Balaban J connectivity index is 1.13. The third-order valence-corrected chi connectivity index (χ3v) is 13.8. The average Bonchev–Trinajstić information content (AvgIpc) is 3.81. The summed E-state index contributed by atoms with van der Waals surface area (Å²) < 4.78 is 6.67. The molecule has 1 aliphatic carbocycles. The Morgan fingerprint density at radius 2 is 1.16 bits per heavy atom. The van der Waals surface area contributed by atoms with Gasteiger partial charge in [0.2, 0.25) is 0 Å². The number of aryl methyl sites for hydroxylation is 3. The van der Waals surface area contributed by atoms with E-state index in [0.29, 0.717) is 0 Å². The van der Waals surface area contributed by atoms with Crippen molar-refractivity contribution in [2.75, 3.05) is 10.2 Å². The topological polar surface area (TPSA) is 28.4 Å². The van der Waals surface area contributed by atoms with Crippen molar-refractivity contribution in [2.45, 2.75) is 26.2 Å². The van der Waals surface area contributed by atoms with E-state index in [4.69, 9.17) is 4.42 Å². The first-order valence-corrected chi connectivity index (χ1v) is 21.6.